The normalized spacial score (nSPS) is 34.3. The van der Waals surface area contributed by atoms with Crippen molar-refractivity contribution in [3.63, 3.8) is 0 Å². The van der Waals surface area contributed by atoms with Gasteiger partial charge < -0.3 is 14.4 Å². The van der Waals surface area contributed by atoms with Gasteiger partial charge in [-0.1, -0.05) is 26.8 Å². The molecule has 0 unspecified atom stereocenters. The summed E-state index contributed by atoms with van der Waals surface area (Å²) in [7, 11) is 0. The Bertz CT molecular complexity index is 598. The van der Waals surface area contributed by atoms with Crippen molar-refractivity contribution in [2.24, 2.45) is 22.7 Å². The molecule has 0 bridgehead atoms. The second kappa shape index (κ2) is 4.92. The third-order valence-corrected chi connectivity index (χ3v) is 5.59. The van der Waals surface area contributed by atoms with Crippen LogP contribution in [0.1, 0.15) is 27.2 Å². The zero-order chi connectivity index (χ0) is 16.1. The summed E-state index contributed by atoms with van der Waals surface area (Å²) in [6.07, 6.45) is 2.62. The summed E-state index contributed by atoms with van der Waals surface area (Å²) in [4.78, 5) is 30.3. The van der Waals surface area contributed by atoms with Crippen molar-refractivity contribution >= 4 is 11.7 Å². The van der Waals surface area contributed by atoms with E-state index in [1.165, 1.54) is 0 Å². The summed E-state index contributed by atoms with van der Waals surface area (Å²) < 4.78 is 5.12. The number of likely N-dealkylation sites (tertiary alicyclic amines) is 1. The number of hydrogen-bond acceptors (Lipinski definition) is 3. The van der Waals surface area contributed by atoms with Crippen LogP contribution in [-0.4, -0.2) is 42.9 Å². The molecule has 118 valence electrons. The molecule has 2 heterocycles. The van der Waals surface area contributed by atoms with Crippen molar-refractivity contribution in [2.45, 2.75) is 27.2 Å². The maximum Gasteiger partial charge on any atom is 0.230 e. The Kier molecular flexibility index (Phi) is 3.41. The lowest BCUT2D eigenvalue weighted by atomic mass is 9.55. The number of fused-ring (bicyclic) bond motifs is 1. The molecule has 0 aromatic heterocycles. The van der Waals surface area contributed by atoms with Gasteiger partial charge in [-0.15, -0.1) is 0 Å². The Balaban J connectivity index is 1.90. The Morgan fingerprint density at radius 2 is 2.09 bits per heavy atom. The van der Waals surface area contributed by atoms with Crippen LogP contribution in [0.5, 0.6) is 0 Å². The second-order valence-electron chi connectivity index (χ2n) is 7.53. The zero-order valence-electron chi connectivity index (χ0n) is 13.4. The Hall–Kier alpha value is -1.67. The number of Topliss-reactive ketones (excluding diaryl/α,β-unsaturated/α-hetero) is 1. The number of ether oxygens (including phenoxy) is 1. The van der Waals surface area contributed by atoms with Gasteiger partial charge in [0.1, 0.15) is 0 Å². The SMILES string of the molecule is [C-]#[N+]C1=C[C@]2(C)CN(C(=O)C3COC3)CC[C@H]2C(C)(C)C1=O. The van der Waals surface area contributed by atoms with Gasteiger partial charge in [0, 0.05) is 18.5 Å². The van der Waals surface area contributed by atoms with E-state index in [1.54, 1.807) is 0 Å². The van der Waals surface area contributed by atoms with Gasteiger partial charge in [0.15, 0.2) is 5.78 Å². The van der Waals surface area contributed by atoms with Crippen LogP contribution in [0.2, 0.25) is 0 Å². The molecule has 2 fully saturated rings. The molecule has 0 aromatic rings. The topological polar surface area (TPSA) is 51.0 Å². The first-order valence-corrected chi connectivity index (χ1v) is 7.81. The molecule has 0 aromatic carbocycles. The summed E-state index contributed by atoms with van der Waals surface area (Å²) in [6.45, 7) is 15.5. The molecule has 3 rings (SSSR count). The Morgan fingerprint density at radius 1 is 1.41 bits per heavy atom. The highest BCUT2D eigenvalue weighted by molar-refractivity contribution is 6.02. The molecule has 1 aliphatic carbocycles. The summed E-state index contributed by atoms with van der Waals surface area (Å²) in [5, 5.41) is 0. The van der Waals surface area contributed by atoms with E-state index in [1.807, 2.05) is 24.8 Å². The average Bonchev–Trinajstić information content (AvgIpc) is 2.40. The summed E-state index contributed by atoms with van der Waals surface area (Å²) in [6, 6.07) is 0. The predicted octanol–water partition coefficient (Wildman–Crippen LogP) is 1.90. The fourth-order valence-electron chi connectivity index (χ4n) is 4.32. The minimum Gasteiger partial charge on any atom is -0.380 e. The summed E-state index contributed by atoms with van der Waals surface area (Å²) in [5.74, 6) is 0.248. The molecule has 22 heavy (non-hydrogen) atoms. The highest BCUT2D eigenvalue weighted by Gasteiger charge is 2.54. The van der Waals surface area contributed by atoms with E-state index >= 15 is 0 Å². The third kappa shape index (κ3) is 2.09. The molecule has 1 amide bonds. The number of amides is 1. The Morgan fingerprint density at radius 3 is 2.64 bits per heavy atom. The van der Waals surface area contributed by atoms with E-state index in [-0.39, 0.29) is 34.6 Å². The van der Waals surface area contributed by atoms with Gasteiger partial charge in [-0.05, 0) is 17.8 Å². The number of rotatable bonds is 1. The minimum atomic E-state index is -0.544. The summed E-state index contributed by atoms with van der Waals surface area (Å²) in [5.41, 5.74) is -0.626. The molecule has 2 saturated heterocycles. The predicted molar refractivity (Wildman–Crippen MR) is 80.6 cm³/mol. The van der Waals surface area contributed by atoms with Crippen LogP contribution in [0.3, 0.4) is 0 Å². The van der Waals surface area contributed by atoms with Crippen LogP contribution in [0.4, 0.5) is 0 Å². The fraction of sp³-hybridized carbons (Fsp3) is 0.706. The van der Waals surface area contributed by atoms with Crippen LogP contribution in [0.25, 0.3) is 4.85 Å². The quantitative estimate of drug-likeness (QED) is 0.695. The fourth-order valence-corrected chi connectivity index (χ4v) is 4.32. The second-order valence-corrected chi connectivity index (χ2v) is 7.53. The van der Waals surface area contributed by atoms with Crippen molar-refractivity contribution < 1.29 is 14.3 Å². The molecular formula is C17H22N2O3. The zero-order valence-corrected chi connectivity index (χ0v) is 13.4. The molecule has 0 spiro atoms. The molecule has 0 saturated carbocycles. The number of nitrogens with zero attached hydrogens (tertiary/aromatic N) is 2. The van der Waals surface area contributed by atoms with Crippen molar-refractivity contribution in [3.05, 3.63) is 23.2 Å². The van der Waals surface area contributed by atoms with Crippen molar-refractivity contribution in [2.75, 3.05) is 26.3 Å². The van der Waals surface area contributed by atoms with Crippen LogP contribution >= 0.6 is 0 Å². The van der Waals surface area contributed by atoms with Gasteiger partial charge in [0.2, 0.25) is 11.6 Å². The number of allylic oxidation sites excluding steroid dienone is 1. The number of carbonyl (C=O) groups is 2. The minimum absolute atomic E-state index is 0.0114. The van der Waals surface area contributed by atoms with Gasteiger partial charge in [0.05, 0.1) is 25.7 Å². The highest BCUT2D eigenvalue weighted by Crippen LogP contribution is 2.52. The molecule has 2 aliphatic heterocycles. The molecule has 2 atom stereocenters. The molecular weight excluding hydrogens is 280 g/mol. The van der Waals surface area contributed by atoms with Crippen LogP contribution in [0.15, 0.2) is 11.8 Å². The standard InChI is InChI=1S/C17H22N2O3/c1-16(2)13-5-6-19(15(21)11-8-22-9-11)10-17(13,3)7-12(18-4)14(16)20/h7,11,13H,5-6,8-10H2,1-3H3/t13-,17+/m0/s1. The lowest BCUT2D eigenvalue weighted by Gasteiger charge is -2.53. The monoisotopic (exact) mass is 302 g/mol. The van der Waals surface area contributed by atoms with Gasteiger partial charge in [-0.3, -0.25) is 4.79 Å². The molecule has 5 nitrogen and oxygen atoms in total. The van der Waals surface area contributed by atoms with Gasteiger partial charge in [-0.2, -0.15) is 0 Å². The van der Waals surface area contributed by atoms with E-state index < -0.39 is 5.41 Å². The van der Waals surface area contributed by atoms with E-state index in [2.05, 4.69) is 11.8 Å². The van der Waals surface area contributed by atoms with E-state index in [9.17, 15) is 9.59 Å². The first kappa shape index (κ1) is 15.2. The first-order valence-electron chi connectivity index (χ1n) is 7.81. The third-order valence-electron chi connectivity index (χ3n) is 5.59. The average molecular weight is 302 g/mol. The molecule has 0 N–H and O–H groups in total. The molecule has 5 heteroatoms. The lowest BCUT2D eigenvalue weighted by molar-refractivity contribution is -0.156. The number of ketones is 1. The van der Waals surface area contributed by atoms with Crippen LogP contribution in [0, 0.1) is 29.2 Å². The molecule has 0 radical (unpaired) electrons. The Labute approximate surface area is 131 Å². The van der Waals surface area contributed by atoms with Gasteiger partial charge >= 0.3 is 0 Å². The highest BCUT2D eigenvalue weighted by atomic mass is 16.5. The summed E-state index contributed by atoms with van der Waals surface area (Å²) >= 11 is 0. The smallest absolute Gasteiger partial charge is 0.230 e. The van der Waals surface area contributed by atoms with E-state index in [0.717, 1.165) is 6.42 Å². The largest absolute Gasteiger partial charge is 0.380 e. The van der Waals surface area contributed by atoms with E-state index in [0.29, 0.717) is 26.3 Å². The maximum atomic E-state index is 12.5. The van der Waals surface area contributed by atoms with Crippen molar-refractivity contribution in [1.82, 2.24) is 4.90 Å². The van der Waals surface area contributed by atoms with Crippen molar-refractivity contribution in [1.29, 1.82) is 0 Å². The van der Waals surface area contributed by atoms with Gasteiger partial charge in [0.25, 0.3) is 0 Å². The lowest BCUT2D eigenvalue weighted by Crippen LogP contribution is -2.58. The van der Waals surface area contributed by atoms with Crippen LogP contribution < -0.4 is 0 Å². The van der Waals surface area contributed by atoms with Gasteiger partial charge in [-0.25, -0.2) is 4.85 Å². The van der Waals surface area contributed by atoms with Crippen molar-refractivity contribution in [3.8, 4) is 0 Å². The number of piperidine rings is 1. The number of carbonyl (C=O) groups excluding carboxylic acids is 2. The van der Waals surface area contributed by atoms with Crippen LogP contribution in [-0.2, 0) is 14.3 Å². The molecule has 3 aliphatic rings. The number of hydrogen-bond donors (Lipinski definition) is 0. The van der Waals surface area contributed by atoms with E-state index in [4.69, 9.17) is 11.3 Å². The maximum absolute atomic E-state index is 12.5. The first-order chi connectivity index (χ1) is 10.3.